The van der Waals surface area contributed by atoms with Gasteiger partial charge in [0.05, 0.1) is 17.2 Å². The van der Waals surface area contributed by atoms with Gasteiger partial charge in [-0.1, -0.05) is 35.4 Å². The van der Waals surface area contributed by atoms with E-state index in [4.69, 9.17) is 14.2 Å². The van der Waals surface area contributed by atoms with Crippen LogP contribution in [-0.4, -0.2) is 43.0 Å². The van der Waals surface area contributed by atoms with Gasteiger partial charge in [0.25, 0.3) is 0 Å². The molecule has 0 spiro atoms. The van der Waals surface area contributed by atoms with Crippen molar-refractivity contribution in [2.75, 3.05) is 6.61 Å². The van der Waals surface area contributed by atoms with E-state index in [0.29, 0.717) is 11.1 Å². The van der Waals surface area contributed by atoms with Crippen LogP contribution >= 0.6 is 0 Å². The van der Waals surface area contributed by atoms with Gasteiger partial charge < -0.3 is 14.2 Å². The SMILES string of the molecule is Cc1ccc(C(=O)OC[C@H]2OC(C)[C@@H](F)[C@@H]2OC(=O)c2ccc(C)cc2)cc1. The predicted molar refractivity (Wildman–Crippen MR) is 101 cm³/mol. The first kappa shape index (κ1) is 20.0. The third kappa shape index (κ3) is 4.57. The molecule has 3 rings (SSSR count). The smallest absolute Gasteiger partial charge is 0.338 e. The van der Waals surface area contributed by atoms with Crippen LogP contribution in [0.4, 0.5) is 4.39 Å². The number of hydrogen-bond acceptors (Lipinski definition) is 5. The van der Waals surface area contributed by atoms with Crippen molar-refractivity contribution in [2.24, 2.45) is 0 Å². The van der Waals surface area contributed by atoms with Crippen LogP contribution in [-0.2, 0) is 14.2 Å². The number of halogens is 1. The highest BCUT2D eigenvalue weighted by Crippen LogP contribution is 2.28. The van der Waals surface area contributed by atoms with E-state index in [1.165, 1.54) is 0 Å². The Labute approximate surface area is 163 Å². The van der Waals surface area contributed by atoms with Gasteiger partial charge in [-0.05, 0) is 45.0 Å². The lowest BCUT2D eigenvalue weighted by molar-refractivity contribution is -0.0403. The minimum atomic E-state index is -1.50. The fourth-order valence-corrected chi connectivity index (χ4v) is 2.99. The molecular weight excluding hydrogens is 363 g/mol. The molecule has 0 aromatic heterocycles. The van der Waals surface area contributed by atoms with Gasteiger partial charge in [0.15, 0.2) is 12.3 Å². The Morgan fingerprint density at radius 3 is 1.96 bits per heavy atom. The summed E-state index contributed by atoms with van der Waals surface area (Å²) in [6.45, 7) is 5.16. The summed E-state index contributed by atoms with van der Waals surface area (Å²) >= 11 is 0. The highest BCUT2D eigenvalue weighted by atomic mass is 19.1. The molecule has 1 aliphatic heterocycles. The second-order valence-electron chi connectivity index (χ2n) is 7.02. The van der Waals surface area contributed by atoms with Crippen molar-refractivity contribution in [3.63, 3.8) is 0 Å². The number of alkyl halides is 1. The number of rotatable bonds is 5. The van der Waals surface area contributed by atoms with E-state index < -0.39 is 36.4 Å². The van der Waals surface area contributed by atoms with Gasteiger partial charge in [-0.2, -0.15) is 0 Å². The van der Waals surface area contributed by atoms with Gasteiger partial charge in [-0.25, -0.2) is 14.0 Å². The first-order valence-corrected chi connectivity index (χ1v) is 9.16. The van der Waals surface area contributed by atoms with Gasteiger partial charge in [-0.3, -0.25) is 0 Å². The van der Waals surface area contributed by atoms with Gasteiger partial charge in [-0.15, -0.1) is 0 Å². The molecule has 1 unspecified atom stereocenters. The van der Waals surface area contributed by atoms with Crippen LogP contribution in [0, 0.1) is 13.8 Å². The Kier molecular flexibility index (Phi) is 6.09. The molecule has 0 radical (unpaired) electrons. The maximum absolute atomic E-state index is 14.5. The fourth-order valence-electron chi connectivity index (χ4n) is 2.99. The number of carbonyl (C=O) groups excluding carboxylic acids is 2. The van der Waals surface area contributed by atoms with Crippen LogP contribution in [0.25, 0.3) is 0 Å². The number of ether oxygens (including phenoxy) is 3. The van der Waals surface area contributed by atoms with E-state index in [1.807, 2.05) is 13.8 Å². The van der Waals surface area contributed by atoms with E-state index >= 15 is 0 Å². The Morgan fingerprint density at radius 2 is 1.43 bits per heavy atom. The minimum absolute atomic E-state index is 0.205. The zero-order valence-corrected chi connectivity index (χ0v) is 16.1. The minimum Gasteiger partial charge on any atom is -0.459 e. The molecule has 2 aromatic rings. The molecule has 148 valence electrons. The third-order valence-electron chi connectivity index (χ3n) is 4.71. The van der Waals surface area contributed by atoms with Gasteiger partial charge in [0.2, 0.25) is 0 Å². The largest absolute Gasteiger partial charge is 0.459 e. The molecule has 2 aromatic carbocycles. The van der Waals surface area contributed by atoms with Crippen molar-refractivity contribution in [3.05, 3.63) is 70.8 Å². The van der Waals surface area contributed by atoms with Crippen molar-refractivity contribution in [3.8, 4) is 0 Å². The zero-order valence-electron chi connectivity index (χ0n) is 16.1. The maximum Gasteiger partial charge on any atom is 0.338 e. The summed E-state index contributed by atoms with van der Waals surface area (Å²) in [5.41, 5.74) is 2.74. The molecule has 1 heterocycles. The molecule has 1 saturated heterocycles. The highest BCUT2D eigenvalue weighted by molar-refractivity contribution is 5.90. The number of carbonyl (C=O) groups is 2. The van der Waals surface area contributed by atoms with Gasteiger partial charge >= 0.3 is 11.9 Å². The lowest BCUT2D eigenvalue weighted by Crippen LogP contribution is -2.37. The Balaban J connectivity index is 1.63. The normalized spacial score (nSPS) is 24.0. The van der Waals surface area contributed by atoms with Crippen molar-refractivity contribution in [1.82, 2.24) is 0 Å². The molecule has 1 fully saturated rings. The van der Waals surface area contributed by atoms with E-state index in [2.05, 4.69) is 0 Å². The van der Waals surface area contributed by atoms with Crippen LogP contribution in [0.15, 0.2) is 48.5 Å². The summed E-state index contributed by atoms with van der Waals surface area (Å²) in [5.74, 6) is -1.18. The predicted octanol–water partition coefficient (Wildman–Crippen LogP) is 3.81. The molecule has 0 bridgehead atoms. The summed E-state index contributed by atoms with van der Waals surface area (Å²) in [6.07, 6.45) is -4.28. The Bertz CT molecular complexity index is 831. The standard InChI is InChI=1S/C22H23FO5/c1-13-4-8-16(9-5-13)21(24)26-12-18-20(19(23)15(3)27-18)28-22(25)17-10-6-14(2)7-11-17/h4-11,15,18-20H,12H2,1-3H3/t15?,18-,19-,20-/m1/s1. The van der Waals surface area contributed by atoms with Gasteiger partial charge in [0.1, 0.15) is 12.7 Å². The quantitative estimate of drug-likeness (QED) is 0.732. The van der Waals surface area contributed by atoms with Crippen molar-refractivity contribution < 1.29 is 28.2 Å². The maximum atomic E-state index is 14.5. The average Bonchev–Trinajstić information content (AvgIpc) is 2.95. The summed E-state index contributed by atoms with van der Waals surface area (Å²) in [4.78, 5) is 24.5. The summed E-state index contributed by atoms with van der Waals surface area (Å²) in [7, 11) is 0. The van der Waals surface area contributed by atoms with E-state index in [9.17, 15) is 14.0 Å². The highest BCUT2D eigenvalue weighted by Gasteiger charge is 2.46. The second kappa shape index (κ2) is 8.52. The van der Waals surface area contributed by atoms with Crippen LogP contribution < -0.4 is 0 Å². The van der Waals surface area contributed by atoms with E-state index in [-0.39, 0.29) is 6.61 Å². The number of aryl methyl sites for hydroxylation is 2. The second-order valence-corrected chi connectivity index (χ2v) is 7.02. The van der Waals surface area contributed by atoms with Crippen LogP contribution in [0.3, 0.4) is 0 Å². The lowest BCUT2D eigenvalue weighted by Gasteiger charge is -2.20. The molecule has 6 heteroatoms. The van der Waals surface area contributed by atoms with Crippen LogP contribution in [0.5, 0.6) is 0 Å². The third-order valence-corrected chi connectivity index (χ3v) is 4.71. The van der Waals surface area contributed by atoms with E-state index in [0.717, 1.165) is 11.1 Å². The molecule has 0 N–H and O–H groups in total. The van der Waals surface area contributed by atoms with Crippen LogP contribution in [0.2, 0.25) is 0 Å². The van der Waals surface area contributed by atoms with Gasteiger partial charge in [0, 0.05) is 0 Å². The zero-order chi connectivity index (χ0) is 20.3. The molecule has 0 aliphatic carbocycles. The van der Waals surface area contributed by atoms with E-state index in [1.54, 1.807) is 55.5 Å². The van der Waals surface area contributed by atoms with Crippen molar-refractivity contribution >= 4 is 11.9 Å². The number of hydrogen-bond donors (Lipinski definition) is 0. The number of esters is 2. The summed E-state index contributed by atoms with van der Waals surface area (Å²) in [5, 5.41) is 0. The molecule has 0 amide bonds. The van der Waals surface area contributed by atoms with Crippen LogP contribution in [0.1, 0.15) is 38.8 Å². The summed E-state index contributed by atoms with van der Waals surface area (Å²) in [6, 6.07) is 13.7. The first-order valence-electron chi connectivity index (χ1n) is 9.16. The monoisotopic (exact) mass is 386 g/mol. The molecule has 0 saturated carbocycles. The Hall–Kier alpha value is -2.73. The topological polar surface area (TPSA) is 61.8 Å². The molecule has 4 atom stereocenters. The summed E-state index contributed by atoms with van der Waals surface area (Å²) < 4.78 is 30.7. The Morgan fingerprint density at radius 1 is 0.929 bits per heavy atom. The molecular formula is C22H23FO5. The molecule has 1 aliphatic rings. The number of benzene rings is 2. The van der Waals surface area contributed by atoms with Crippen molar-refractivity contribution in [1.29, 1.82) is 0 Å². The lowest BCUT2D eigenvalue weighted by atomic mass is 10.1. The molecule has 5 nitrogen and oxygen atoms in total. The average molecular weight is 386 g/mol. The fraction of sp³-hybridized carbons (Fsp3) is 0.364. The van der Waals surface area contributed by atoms with Crippen molar-refractivity contribution in [2.45, 2.75) is 45.3 Å². The molecule has 28 heavy (non-hydrogen) atoms. The first-order chi connectivity index (χ1) is 13.3.